The molecular formula is C18H17N5O4S. The van der Waals surface area contributed by atoms with Crippen LogP contribution in [-0.2, 0) is 16.4 Å². The van der Waals surface area contributed by atoms with Crippen LogP contribution in [0.4, 0.5) is 0 Å². The Morgan fingerprint density at radius 3 is 2.43 bits per heavy atom. The fraction of sp³-hybridized carbons (Fsp3) is 0.111. The van der Waals surface area contributed by atoms with Crippen molar-refractivity contribution in [2.75, 3.05) is 6.54 Å². The molecule has 0 aliphatic rings. The normalized spacial score (nSPS) is 11.2. The molecule has 1 amide bonds. The number of primary sulfonamides is 1. The zero-order chi connectivity index (χ0) is 20.1. The highest BCUT2D eigenvalue weighted by Crippen LogP contribution is 2.14. The van der Waals surface area contributed by atoms with Gasteiger partial charge in [0.1, 0.15) is 5.56 Å². The number of aromatic nitrogens is 3. The zero-order valence-electron chi connectivity index (χ0n) is 14.6. The summed E-state index contributed by atoms with van der Waals surface area (Å²) in [4.78, 5) is 28.2. The fourth-order valence-corrected chi connectivity index (χ4v) is 3.02. The number of H-pyrrole nitrogens is 1. The third-order valence-electron chi connectivity index (χ3n) is 3.98. The van der Waals surface area contributed by atoms with Gasteiger partial charge in [-0.15, -0.1) is 0 Å². The third-order valence-corrected chi connectivity index (χ3v) is 4.90. The molecule has 0 spiro atoms. The Kier molecular flexibility index (Phi) is 5.62. The van der Waals surface area contributed by atoms with Crippen LogP contribution in [0.15, 0.2) is 64.5 Å². The van der Waals surface area contributed by atoms with Crippen LogP contribution in [0, 0.1) is 0 Å². The Bertz CT molecular complexity index is 1140. The molecule has 0 aliphatic heterocycles. The van der Waals surface area contributed by atoms with Gasteiger partial charge in [0.25, 0.3) is 11.5 Å². The highest BCUT2D eigenvalue weighted by Gasteiger charge is 2.13. The first kappa shape index (κ1) is 19.4. The minimum Gasteiger partial charge on any atom is -0.352 e. The molecule has 144 valence electrons. The van der Waals surface area contributed by atoms with E-state index in [0.29, 0.717) is 12.1 Å². The summed E-state index contributed by atoms with van der Waals surface area (Å²) in [5, 5.41) is 14.0. The van der Waals surface area contributed by atoms with E-state index in [2.05, 4.69) is 20.5 Å². The number of carbonyl (C=O) groups is 1. The second-order valence-electron chi connectivity index (χ2n) is 5.93. The van der Waals surface area contributed by atoms with Gasteiger partial charge in [-0.05, 0) is 42.3 Å². The molecule has 0 saturated heterocycles. The van der Waals surface area contributed by atoms with E-state index < -0.39 is 21.5 Å². The van der Waals surface area contributed by atoms with Crippen molar-refractivity contribution in [3.8, 4) is 11.3 Å². The molecule has 0 fully saturated rings. The summed E-state index contributed by atoms with van der Waals surface area (Å²) in [7, 11) is -3.74. The summed E-state index contributed by atoms with van der Waals surface area (Å²) in [5.41, 5.74) is 1.34. The lowest BCUT2D eigenvalue weighted by Crippen LogP contribution is -2.31. The first-order chi connectivity index (χ1) is 13.3. The number of hydrogen-bond acceptors (Lipinski definition) is 6. The van der Waals surface area contributed by atoms with Crippen molar-refractivity contribution in [2.24, 2.45) is 5.14 Å². The standard InChI is InChI=1S/C18H17N5O4S/c19-28(26,27)14-3-1-12(2-4-14)5-10-21-17(24)15-11-16(22-23-18(15)25)13-6-8-20-9-7-13/h1-4,6-9,11H,5,10H2,(H,21,24)(H,23,25)(H2,19,26,27). The summed E-state index contributed by atoms with van der Waals surface area (Å²) in [5.74, 6) is -0.528. The number of nitrogens with one attached hydrogen (secondary N) is 2. The van der Waals surface area contributed by atoms with Crippen LogP contribution in [0.25, 0.3) is 11.3 Å². The topological polar surface area (TPSA) is 148 Å². The number of nitrogens with zero attached hydrogens (tertiary/aromatic N) is 2. The molecule has 28 heavy (non-hydrogen) atoms. The molecular weight excluding hydrogens is 382 g/mol. The maximum Gasteiger partial charge on any atom is 0.277 e. The fourth-order valence-electron chi connectivity index (χ4n) is 2.51. The number of hydrogen-bond donors (Lipinski definition) is 3. The summed E-state index contributed by atoms with van der Waals surface area (Å²) >= 11 is 0. The summed E-state index contributed by atoms with van der Waals surface area (Å²) in [6, 6.07) is 10.9. The van der Waals surface area contributed by atoms with E-state index >= 15 is 0 Å². The van der Waals surface area contributed by atoms with Crippen LogP contribution in [0.5, 0.6) is 0 Å². The van der Waals surface area contributed by atoms with Gasteiger partial charge in [0.2, 0.25) is 10.0 Å². The molecule has 3 rings (SSSR count). The van der Waals surface area contributed by atoms with Crippen LogP contribution in [0.2, 0.25) is 0 Å². The van der Waals surface area contributed by atoms with Gasteiger partial charge in [-0.25, -0.2) is 18.7 Å². The molecule has 2 heterocycles. The van der Waals surface area contributed by atoms with Crippen molar-refractivity contribution in [1.29, 1.82) is 0 Å². The first-order valence-corrected chi connectivity index (χ1v) is 9.79. The number of nitrogens with two attached hydrogens (primary N) is 1. The summed E-state index contributed by atoms with van der Waals surface area (Å²) in [6.45, 7) is 0.264. The van der Waals surface area contributed by atoms with Crippen molar-refractivity contribution in [2.45, 2.75) is 11.3 Å². The smallest absolute Gasteiger partial charge is 0.277 e. The lowest BCUT2D eigenvalue weighted by atomic mass is 10.1. The molecule has 0 saturated carbocycles. The average molecular weight is 399 g/mol. The molecule has 0 atom stereocenters. The van der Waals surface area contributed by atoms with E-state index in [1.54, 1.807) is 36.7 Å². The van der Waals surface area contributed by atoms with Gasteiger partial charge < -0.3 is 5.32 Å². The minimum atomic E-state index is -3.74. The predicted octanol–water partition coefficient (Wildman–Crippen LogP) is 0.452. The van der Waals surface area contributed by atoms with Crippen LogP contribution in [0.3, 0.4) is 0 Å². The number of rotatable bonds is 6. The van der Waals surface area contributed by atoms with Crippen LogP contribution >= 0.6 is 0 Å². The molecule has 3 aromatic rings. The van der Waals surface area contributed by atoms with Crippen LogP contribution in [-0.4, -0.2) is 36.1 Å². The summed E-state index contributed by atoms with van der Waals surface area (Å²) < 4.78 is 22.5. The Morgan fingerprint density at radius 2 is 1.79 bits per heavy atom. The van der Waals surface area contributed by atoms with Gasteiger partial charge in [0.15, 0.2) is 0 Å². The SMILES string of the molecule is NS(=O)(=O)c1ccc(CCNC(=O)c2cc(-c3ccncc3)n[nH]c2=O)cc1. The Hall–Kier alpha value is -3.37. The van der Waals surface area contributed by atoms with Crippen molar-refractivity contribution in [3.05, 3.63) is 76.3 Å². The lowest BCUT2D eigenvalue weighted by Gasteiger charge is -2.07. The van der Waals surface area contributed by atoms with Crippen molar-refractivity contribution >= 4 is 15.9 Å². The number of amides is 1. The van der Waals surface area contributed by atoms with E-state index in [9.17, 15) is 18.0 Å². The third kappa shape index (κ3) is 4.67. The zero-order valence-corrected chi connectivity index (χ0v) is 15.4. The maximum atomic E-state index is 12.4. The van der Waals surface area contributed by atoms with Gasteiger partial charge in [0.05, 0.1) is 10.6 Å². The second-order valence-corrected chi connectivity index (χ2v) is 7.49. The molecule has 1 aromatic carbocycles. The Balaban J connectivity index is 1.66. The molecule has 0 radical (unpaired) electrons. The average Bonchev–Trinajstić information content (AvgIpc) is 2.68. The molecule has 10 heteroatoms. The maximum absolute atomic E-state index is 12.4. The highest BCUT2D eigenvalue weighted by molar-refractivity contribution is 7.89. The number of carbonyl (C=O) groups excluding carboxylic acids is 1. The van der Waals surface area contributed by atoms with Gasteiger partial charge >= 0.3 is 0 Å². The van der Waals surface area contributed by atoms with Crippen LogP contribution in [0.1, 0.15) is 15.9 Å². The number of benzene rings is 1. The Morgan fingerprint density at radius 1 is 1.11 bits per heavy atom. The molecule has 4 N–H and O–H groups in total. The van der Waals surface area contributed by atoms with Gasteiger partial charge in [0, 0.05) is 24.5 Å². The molecule has 0 aliphatic carbocycles. The van der Waals surface area contributed by atoms with E-state index in [4.69, 9.17) is 5.14 Å². The molecule has 2 aromatic heterocycles. The van der Waals surface area contributed by atoms with Crippen molar-refractivity contribution < 1.29 is 13.2 Å². The van der Waals surface area contributed by atoms with Gasteiger partial charge in [-0.3, -0.25) is 14.6 Å². The predicted molar refractivity (Wildman–Crippen MR) is 102 cm³/mol. The lowest BCUT2D eigenvalue weighted by molar-refractivity contribution is 0.0952. The Labute approximate surface area is 160 Å². The second kappa shape index (κ2) is 8.11. The highest BCUT2D eigenvalue weighted by atomic mass is 32.2. The van der Waals surface area contributed by atoms with Crippen LogP contribution < -0.4 is 16.0 Å². The summed E-state index contributed by atoms with van der Waals surface area (Å²) in [6.07, 6.45) is 3.63. The van der Waals surface area contributed by atoms with Gasteiger partial charge in [-0.1, -0.05) is 12.1 Å². The van der Waals surface area contributed by atoms with E-state index in [1.807, 2.05) is 0 Å². The molecule has 9 nitrogen and oxygen atoms in total. The van der Waals surface area contributed by atoms with E-state index in [1.165, 1.54) is 18.2 Å². The van der Waals surface area contributed by atoms with E-state index in [0.717, 1.165) is 11.1 Å². The van der Waals surface area contributed by atoms with Gasteiger partial charge in [-0.2, -0.15) is 5.10 Å². The number of aromatic amines is 1. The van der Waals surface area contributed by atoms with Crippen molar-refractivity contribution in [3.63, 3.8) is 0 Å². The minimum absolute atomic E-state index is 0.0206. The van der Waals surface area contributed by atoms with E-state index in [-0.39, 0.29) is 17.0 Å². The molecule has 0 bridgehead atoms. The van der Waals surface area contributed by atoms with Crippen molar-refractivity contribution in [1.82, 2.24) is 20.5 Å². The quantitative estimate of drug-likeness (QED) is 0.548. The monoisotopic (exact) mass is 399 g/mol. The largest absolute Gasteiger partial charge is 0.352 e. The number of pyridine rings is 1. The molecule has 0 unspecified atom stereocenters. The first-order valence-electron chi connectivity index (χ1n) is 8.24. The number of sulfonamides is 1.